The summed E-state index contributed by atoms with van der Waals surface area (Å²) >= 11 is 3.47. The SMILES string of the molecule is Cc1cc(NC(=O)C2CCN(C(=O)c3cc(-c4ccncc4)n[nH]3)CC2)ccc1Br. The number of hydrogen-bond acceptors (Lipinski definition) is 4. The molecule has 8 heteroatoms. The van der Waals surface area contributed by atoms with E-state index in [1.54, 1.807) is 23.4 Å². The molecule has 3 aromatic rings. The molecule has 2 amide bonds. The number of anilines is 1. The Bertz CT molecular complexity index is 1060. The number of carbonyl (C=O) groups excluding carboxylic acids is 2. The van der Waals surface area contributed by atoms with Gasteiger partial charge in [0.15, 0.2) is 0 Å². The Morgan fingerprint density at radius 1 is 1.13 bits per heavy atom. The molecule has 0 bridgehead atoms. The Balaban J connectivity index is 1.34. The maximum Gasteiger partial charge on any atom is 0.271 e. The van der Waals surface area contributed by atoms with E-state index in [2.05, 4.69) is 36.4 Å². The summed E-state index contributed by atoms with van der Waals surface area (Å²) < 4.78 is 1.01. The van der Waals surface area contributed by atoms with Crippen molar-refractivity contribution in [3.63, 3.8) is 0 Å². The highest BCUT2D eigenvalue weighted by molar-refractivity contribution is 9.10. The number of halogens is 1. The van der Waals surface area contributed by atoms with Crippen LogP contribution < -0.4 is 5.32 Å². The molecule has 1 aliphatic rings. The van der Waals surface area contributed by atoms with Crippen molar-refractivity contribution in [1.29, 1.82) is 0 Å². The van der Waals surface area contributed by atoms with Gasteiger partial charge in [-0.15, -0.1) is 0 Å². The summed E-state index contributed by atoms with van der Waals surface area (Å²) in [5.41, 5.74) is 3.92. The molecule has 1 fully saturated rings. The van der Waals surface area contributed by atoms with Gasteiger partial charge in [-0.1, -0.05) is 15.9 Å². The fourth-order valence-corrected chi connectivity index (χ4v) is 3.83. The number of piperidine rings is 1. The first-order valence-corrected chi connectivity index (χ1v) is 10.6. The van der Waals surface area contributed by atoms with Gasteiger partial charge in [0.2, 0.25) is 5.91 Å². The Morgan fingerprint density at radius 3 is 2.57 bits per heavy atom. The summed E-state index contributed by atoms with van der Waals surface area (Å²) in [6.07, 6.45) is 4.66. The molecule has 0 radical (unpaired) electrons. The van der Waals surface area contributed by atoms with E-state index in [0.717, 1.165) is 21.3 Å². The maximum atomic E-state index is 12.8. The van der Waals surface area contributed by atoms with Crippen LogP contribution in [0, 0.1) is 12.8 Å². The third-order valence-electron chi connectivity index (χ3n) is 5.36. The number of aryl methyl sites for hydroxylation is 1. The first kappa shape index (κ1) is 20.3. The first-order valence-electron chi connectivity index (χ1n) is 9.83. The standard InChI is InChI=1S/C22H22BrN5O2/c1-14-12-17(2-3-18(14)23)25-21(29)16-6-10-28(11-7-16)22(30)20-13-19(26-27-20)15-4-8-24-9-5-15/h2-5,8-9,12-13,16H,6-7,10-11H2,1H3,(H,25,29)(H,26,27). The number of nitrogens with zero attached hydrogens (tertiary/aromatic N) is 3. The van der Waals surface area contributed by atoms with Gasteiger partial charge in [-0.05, 0) is 61.7 Å². The minimum Gasteiger partial charge on any atom is -0.337 e. The van der Waals surface area contributed by atoms with E-state index in [-0.39, 0.29) is 17.7 Å². The first-order chi connectivity index (χ1) is 14.5. The summed E-state index contributed by atoms with van der Waals surface area (Å²) in [4.78, 5) is 31.2. The second kappa shape index (κ2) is 8.79. The van der Waals surface area contributed by atoms with Crippen molar-refractivity contribution in [2.24, 2.45) is 5.92 Å². The Labute approximate surface area is 183 Å². The van der Waals surface area contributed by atoms with Gasteiger partial charge in [-0.25, -0.2) is 0 Å². The molecule has 3 heterocycles. The molecule has 1 aromatic carbocycles. The van der Waals surface area contributed by atoms with E-state index in [4.69, 9.17) is 0 Å². The van der Waals surface area contributed by atoms with Gasteiger partial charge in [0.1, 0.15) is 5.69 Å². The molecule has 2 N–H and O–H groups in total. The van der Waals surface area contributed by atoms with Crippen molar-refractivity contribution in [3.05, 3.63) is 64.5 Å². The van der Waals surface area contributed by atoms with Gasteiger partial charge in [0, 0.05) is 47.1 Å². The lowest BCUT2D eigenvalue weighted by Crippen LogP contribution is -2.41. The third-order valence-corrected chi connectivity index (χ3v) is 6.25. The quantitative estimate of drug-likeness (QED) is 0.605. The van der Waals surface area contributed by atoms with Crippen LogP contribution in [0.3, 0.4) is 0 Å². The molecule has 7 nitrogen and oxygen atoms in total. The van der Waals surface area contributed by atoms with E-state index in [1.807, 2.05) is 37.3 Å². The summed E-state index contributed by atoms with van der Waals surface area (Å²) in [6, 6.07) is 11.2. The van der Waals surface area contributed by atoms with Crippen LogP contribution in [0.15, 0.2) is 53.3 Å². The van der Waals surface area contributed by atoms with Gasteiger partial charge in [0.05, 0.1) is 5.69 Å². The molecule has 30 heavy (non-hydrogen) atoms. The van der Waals surface area contributed by atoms with Crippen molar-refractivity contribution in [2.45, 2.75) is 19.8 Å². The molecule has 0 saturated carbocycles. The number of aromatic amines is 1. The predicted octanol–water partition coefficient (Wildman–Crippen LogP) is 4.03. The molecular weight excluding hydrogens is 446 g/mol. The fraction of sp³-hybridized carbons (Fsp3) is 0.273. The van der Waals surface area contributed by atoms with Crippen molar-refractivity contribution in [1.82, 2.24) is 20.1 Å². The van der Waals surface area contributed by atoms with Crippen LogP contribution in [-0.4, -0.2) is 45.0 Å². The minimum absolute atomic E-state index is 0.00494. The maximum absolute atomic E-state index is 12.8. The largest absolute Gasteiger partial charge is 0.337 e. The molecular formula is C22H22BrN5O2. The minimum atomic E-state index is -0.104. The number of amides is 2. The number of pyridine rings is 1. The second-order valence-corrected chi connectivity index (χ2v) is 8.28. The van der Waals surface area contributed by atoms with Crippen molar-refractivity contribution in [3.8, 4) is 11.3 Å². The zero-order valence-electron chi connectivity index (χ0n) is 16.6. The Hall–Kier alpha value is -3.00. The molecule has 4 rings (SSSR count). The van der Waals surface area contributed by atoms with Crippen LogP contribution in [0.2, 0.25) is 0 Å². The van der Waals surface area contributed by atoms with Crippen molar-refractivity contribution >= 4 is 33.4 Å². The highest BCUT2D eigenvalue weighted by Gasteiger charge is 2.28. The summed E-state index contributed by atoms with van der Waals surface area (Å²) in [7, 11) is 0. The molecule has 1 aliphatic heterocycles. The van der Waals surface area contributed by atoms with Crippen LogP contribution >= 0.6 is 15.9 Å². The number of aromatic nitrogens is 3. The highest BCUT2D eigenvalue weighted by atomic mass is 79.9. The summed E-state index contributed by atoms with van der Waals surface area (Å²) in [6.45, 7) is 3.07. The van der Waals surface area contributed by atoms with Gasteiger partial charge in [-0.3, -0.25) is 19.7 Å². The van der Waals surface area contributed by atoms with E-state index in [1.165, 1.54) is 0 Å². The smallest absolute Gasteiger partial charge is 0.271 e. The van der Waals surface area contributed by atoms with Crippen LogP contribution in [0.1, 0.15) is 28.9 Å². The van der Waals surface area contributed by atoms with Gasteiger partial charge in [0.25, 0.3) is 5.91 Å². The lowest BCUT2D eigenvalue weighted by Gasteiger charge is -2.31. The number of hydrogen-bond donors (Lipinski definition) is 2. The summed E-state index contributed by atoms with van der Waals surface area (Å²) in [5.74, 6) is -0.192. The van der Waals surface area contributed by atoms with Gasteiger partial charge < -0.3 is 10.2 Å². The zero-order chi connectivity index (χ0) is 21.1. The van der Waals surface area contributed by atoms with Gasteiger partial charge >= 0.3 is 0 Å². The molecule has 0 spiro atoms. The van der Waals surface area contributed by atoms with E-state index >= 15 is 0 Å². The van der Waals surface area contributed by atoms with E-state index < -0.39 is 0 Å². The van der Waals surface area contributed by atoms with E-state index in [9.17, 15) is 9.59 Å². The van der Waals surface area contributed by atoms with Crippen molar-refractivity contribution in [2.75, 3.05) is 18.4 Å². The predicted molar refractivity (Wildman–Crippen MR) is 118 cm³/mol. The number of nitrogens with one attached hydrogen (secondary N) is 2. The average molecular weight is 468 g/mol. The highest BCUT2D eigenvalue weighted by Crippen LogP contribution is 2.24. The Kier molecular flexibility index (Phi) is 5.94. The Morgan fingerprint density at radius 2 is 1.87 bits per heavy atom. The fourth-order valence-electron chi connectivity index (χ4n) is 3.58. The average Bonchev–Trinajstić information content (AvgIpc) is 3.27. The lowest BCUT2D eigenvalue weighted by molar-refractivity contribution is -0.121. The number of carbonyl (C=O) groups is 2. The van der Waals surface area contributed by atoms with Crippen LogP contribution in [0.25, 0.3) is 11.3 Å². The molecule has 0 atom stereocenters. The monoisotopic (exact) mass is 467 g/mol. The summed E-state index contributed by atoms with van der Waals surface area (Å²) in [5, 5.41) is 10.1. The topological polar surface area (TPSA) is 91.0 Å². The number of rotatable bonds is 4. The van der Waals surface area contributed by atoms with E-state index in [0.29, 0.717) is 37.3 Å². The molecule has 2 aromatic heterocycles. The zero-order valence-corrected chi connectivity index (χ0v) is 18.1. The molecule has 154 valence electrons. The second-order valence-electron chi connectivity index (χ2n) is 7.42. The molecule has 0 unspecified atom stereocenters. The van der Waals surface area contributed by atoms with Crippen molar-refractivity contribution < 1.29 is 9.59 Å². The van der Waals surface area contributed by atoms with Crippen LogP contribution in [0.4, 0.5) is 5.69 Å². The molecule has 0 aliphatic carbocycles. The lowest BCUT2D eigenvalue weighted by atomic mass is 9.95. The third kappa shape index (κ3) is 4.43. The number of likely N-dealkylation sites (tertiary alicyclic amines) is 1. The molecule has 1 saturated heterocycles. The number of H-pyrrole nitrogens is 1. The van der Waals surface area contributed by atoms with Crippen LogP contribution in [-0.2, 0) is 4.79 Å². The van der Waals surface area contributed by atoms with Crippen LogP contribution in [0.5, 0.6) is 0 Å². The van der Waals surface area contributed by atoms with Gasteiger partial charge in [-0.2, -0.15) is 5.10 Å². The normalized spacial score (nSPS) is 14.5. The number of benzene rings is 1.